The fourth-order valence-corrected chi connectivity index (χ4v) is 3.11. The van der Waals surface area contributed by atoms with Crippen LogP contribution in [-0.4, -0.2) is 50.5 Å². The van der Waals surface area contributed by atoms with Gasteiger partial charge in [0.2, 0.25) is 0 Å². The third kappa shape index (κ3) is 9.35. The minimum Gasteiger partial charge on any atom is -0.490 e. The average Bonchev–Trinajstić information content (AvgIpc) is 2.77. The quantitative estimate of drug-likeness (QED) is 0.216. The molecule has 0 aromatic heterocycles. The second-order valence-corrected chi connectivity index (χ2v) is 6.83. The van der Waals surface area contributed by atoms with E-state index in [1.54, 1.807) is 0 Å². The number of hydrogen-bond donors (Lipinski definition) is 3. The van der Waals surface area contributed by atoms with Crippen molar-refractivity contribution >= 4 is 29.9 Å². The topological polar surface area (TPSA) is 75.1 Å². The van der Waals surface area contributed by atoms with Gasteiger partial charge in [-0.05, 0) is 50.5 Å². The van der Waals surface area contributed by atoms with Crippen LogP contribution in [0.4, 0.5) is 0 Å². The summed E-state index contributed by atoms with van der Waals surface area (Å²) in [5.41, 5.74) is 2.26. The van der Waals surface area contributed by atoms with Gasteiger partial charge in [0.1, 0.15) is 0 Å². The molecule has 2 rings (SSSR count). The van der Waals surface area contributed by atoms with Crippen molar-refractivity contribution < 1.29 is 14.6 Å². The zero-order valence-electron chi connectivity index (χ0n) is 18.8. The Morgan fingerprint density at radius 2 is 1.68 bits per heavy atom. The zero-order chi connectivity index (χ0) is 21.6. The van der Waals surface area contributed by atoms with Crippen molar-refractivity contribution in [3.63, 3.8) is 0 Å². The van der Waals surface area contributed by atoms with E-state index in [-0.39, 0.29) is 36.5 Å². The van der Waals surface area contributed by atoms with Gasteiger partial charge in [0.15, 0.2) is 17.5 Å². The predicted molar refractivity (Wildman–Crippen MR) is 138 cm³/mol. The molecule has 31 heavy (non-hydrogen) atoms. The van der Waals surface area contributed by atoms with E-state index in [4.69, 9.17) is 9.47 Å². The molecule has 0 aliphatic carbocycles. The number of guanidine groups is 1. The van der Waals surface area contributed by atoms with Crippen LogP contribution < -0.4 is 20.1 Å². The van der Waals surface area contributed by atoms with Crippen LogP contribution in [0.15, 0.2) is 53.5 Å². The SMILES string of the molecule is CCNC(=NCC(CO)c1ccccc1)NCCc1ccc(OCC)c(OCC)c1.I. The molecular formula is C24H36IN3O3. The molecular weight excluding hydrogens is 505 g/mol. The van der Waals surface area contributed by atoms with E-state index in [9.17, 15) is 5.11 Å². The first kappa shape index (κ1) is 27.0. The highest BCUT2D eigenvalue weighted by Gasteiger charge is 2.10. The summed E-state index contributed by atoms with van der Waals surface area (Å²) in [6, 6.07) is 16.1. The molecule has 0 heterocycles. The smallest absolute Gasteiger partial charge is 0.191 e. The molecule has 3 N–H and O–H groups in total. The lowest BCUT2D eigenvalue weighted by molar-refractivity contribution is 0.268. The number of aliphatic hydroxyl groups is 1. The Morgan fingerprint density at radius 1 is 0.968 bits per heavy atom. The van der Waals surface area contributed by atoms with Crippen molar-refractivity contribution in [2.75, 3.05) is 39.5 Å². The number of ether oxygens (including phenoxy) is 2. The normalized spacial score (nSPS) is 11.9. The molecule has 2 aromatic carbocycles. The van der Waals surface area contributed by atoms with E-state index in [2.05, 4.69) is 21.7 Å². The number of rotatable bonds is 12. The van der Waals surface area contributed by atoms with Crippen molar-refractivity contribution in [2.24, 2.45) is 4.99 Å². The van der Waals surface area contributed by atoms with Crippen molar-refractivity contribution in [1.29, 1.82) is 0 Å². The first-order valence-corrected chi connectivity index (χ1v) is 10.8. The fraction of sp³-hybridized carbons (Fsp3) is 0.458. The highest BCUT2D eigenvalue weighted by molar-refractivity contribution is 14.0. The summed E-state index contributed by atoms with van der Waals surface area (Å²) in [6.45, 7) is 9.30. The highest BCUT2D eigenvalue weighted by Crippen LogP contribution is 2.28. The van der Waals surface area contributed by atoms with Crippen molar-refractivity contribution in [3.8, 4) is 11.5 Å². The van der Waals surface area contributed by atoms with Gasteiger partial charge in [0, 0.05) is 19.0 Å². The molecule has 172 valence electrons. The van der Waals surface area contributed by atoms with E-state index in [1.165, 1.54) is 5.56 Å². The molecule has 0 saturated carbocycles. The minimum atomic E-state index is -0.0125. The summed E-state index contributed by atoms with van der Waals surface area (Å²) in [7, 11) is 0. The second kappa shape index (κ2) is 15.8. The summed E-state index contributed by atoms with van der Waals surface area (Å²) >= 11 is 0. The lowest BCUT2D eigenvalue weighted by atomic mass is 10.0. The Morgan fingerprint density at radius 3 is 2.32 bits per heavy atom. The molecule has 0 saturated heterocycles. The van der Waals surface area contributed by atoms with Gasteiger partial charge in [0.25, 0.3) is 0 Å². The van der Waals surface area contributed by atoms with Gasteiger partial charge in [-0.3, -0.25) is 4.99 Å². The monoisotopic (exact) mass is 541 g/mol. The Bertz CT molecular complexity index is 772. The van der Waals surface area contributed by atoms with Crippen LogP contribution in [0.3, 0.4) is 0 Å². The Kier molecular flexibility index (Phi) is 13.7. The van der Waals surface area contributed by atoms with Gasteiger partial charge in [-0.1, -0.05) is 36.4 Å². The van der Waals surface area contributed by atoms with Crippen LogP contribution in [0.5, 0.6) is 11.5 Å². The lowest BCUT2D eigenvalue weighted by Gasteiger charge is -2.16. The summed E-state index contributed by atoms with van der Waals surface area (Å²) in [5.74, 6) is 2.30. The standard InChI is InChI=1S/C24H35N3O3.HI/c1-4-25-24(27-17-21(18-28)20-10-8-7-9-11-20)26-15-14-19-12-13-22(29-5-2)23(16-19)30-6-3;/h7-13,16,21,28H,4-6,14-15,17-18H2,1-3H3,(H2,25,26,27);1H. The van der Waals surface area contributed by atoms with Gasteiger partial charge in [-0.2, -0.15) is 0 Å². The van der Waals surface area contributed by atoms with Gasteiger partial charge in [-0.15, -0.1) is 24.0 Å². The molecule has 1 unspecified atom stereocenters. The highest BCUT2D eigenvalue weighted by atomic mass is 127. The molecule has 2 aromatic rings. The van der Waals surface area contributed by atoms with Crippen molar-refractivity contribution in [1.82, 2.24) is 10.6 Å². The predicted octanol–water partition coefficient (Wildman–Crippen LogP) is 3.98. The van der Waals surface area contributed by atoms with Gasteiger partial charge < -0.3 is 25.2 Å². The average molecular weight is 541 g/mol. The van der Waals surface area contributed by atoms with E-state index in [0.717, 1.165) is 42.5 Å². The Balaban J connectivity index is 0.00000480. The molecule has 0 radical (unpaired) electrons. The van der Waals surface area contributed by atoms with Crippen molar-refractivity contribution in [3.05, 3.63) is 59.7 Å². The fourth-order valence-electron chi connectivity index (χ4n) is 3.11. The molecule has 0 amide bonds. The molecule has 6 nitrogen and oxygen atoms in total. The summed E-state index contributed by atoms with van der Waals surface area (Å²) < 4.78 is 11.3. The van der Waals surface area contributed by atoms with Gasteiger partial charge in [0.05, 0.1) is 26.4 Å². The van der Waals surface area contributed by atoms with Crippen LogP contribution in [0.1, 0.15) is 37.8 Å². The Hall–Kier alpha value is -2.00. The summed E-state index contributed by atoms with van der Waals surface area (Å²) in [5, 5.41) is 16.4. The first-order chi connectivity index (χ1) is 14.7. The lowest BCUT2D eigenvalue weighted by Crippen LogP contribution is -2.38. The van der Waals surface area contributed by atoms with E-state index >= 15 is 0 Å². The number of nitrogens with one attached hydrogen (secondary N) is 2. The van der Waals surface area contributed by atoms with Gasteiger partial charge >= 0.3 is 0 Å². The number of benzene rings is 2. The molecule has 1 atom stereocenters. The van der Waals surface area contributed by atoms with E-state index in [0.29, 0.717) is 19.8 Å². The largest absolute Gasteiger partial charge is 0.490 e. The maximum absolute atomic E-state index is 9.75. The van der Waals surface area contributed by atoms with Crippen LogP contribution in [0, 0.1) is 0 Å². The van der Waals surface area contributed by atoms with Crippen LogP contribution in [0.25, 0.3) is 0 Å². The zero-order valence-corrected chi connectivity index (χ0v) is 21.1. The third-order valence-corrected chi connectivity index (χ3v) is 4.62. The van der Waals surface area contributed by atoms with Crippen LogP contribution in [0.2, 0.25) is 0 Å². The number of hydrogen-bond acceptors (Lipinski definition) is 4. The second-order valence-electron chi connectivity index (χ2n) is 6.83. The Labute approximate surface area is 203 Å². The molecule has 0 spiro atoms. The molecule has 7 heteroatoms. The number of nitrogens with zero attached hydrogens (tertiary/aromatic N) is 1. The maximum Gasteiger partial charge on any atom is 0.191 e. The number of aliphatic hydroxyl groups excluding tert-OH is 1. The van der Waals surface area contributed by atoms with E-state index < -0.39 is 0 Å². The molecule has 0 fully saturated rings. The van der Waals surface area contributed by atoms with Crippen molar-refractivity contribution in [2.45, 2.75) is 33.1 Å². The van der Waals surface area contributed by atoms with Gasteiger partial charge in [-0.25, -0.2) is 0 Å². The maximum atomic E-state index is 9.75. The summed E-state index contributed by atoms with van der Waals surface area (Å²) in [4.78, 5) is 4.67. The van der Waals surface area contributed by atoms with Crippen LogP contribution in [-0.2, 0) is 6.42 Å². The minimum absolute atomic E-state index is 0. The third-order valence-electron chi connectivity index (χ3n) is 4.62. The summed E-state index contributed by atoms with van der Waals surface area (Å²) in [6.07, 6.45) is 0.832. The molecule has 0 aliphatic heterocycles. The first-order valence-electron chi connectivity index (χ1n) is 10.8. The molecule has 0 aliphatic rings. The molecule has 0 bridgehead atoms. The number of aliphatic imine (C=N–C) groups is 1. The van der Waals surface area contributed by atoms with Crippen LogP contribution >= 0.6 is 24.0 Å². The number of halogens is 1. The van der Waals surface area contributed by atoms with E-state index in [1.807, 2.05) is 63.2 Å².